The number of rotatable bonds is 5. The summed E-state index contributed by atoms with van der Waals surface area (Å²) < 4.78 is 19.1. The zero-order valence-corrected chi connectivity index (χ0v) is 13.5. The summed E-state index contributed by atoms with van der Waals surface area (Å²) in [6.07, 6.45) is 0.872. The van der Waals surface area contributed by atoms with Crippen molar-refractivity contribution in [3.63, 3.8) is 0 Å². The van der Waals surface area contributed by atoms with Crippen LogP contribution >= 0.6 is 23.5 Å². The third-order valence-corrected chi connectivity index (χ3v) is 6.96. The predicted octanol–water partition coefficient (Wildman–Crippen LogP) is 3.36. The SMILES string of the molecule is CCC1SCCSC1C(O)Cc1cccc(OC)c1F. The molecular formula is C15H21FO2S2. The number of thioether (sulfide) groups is 2. The van der Waals surface area contributed by atoms with Gasteiger partial charge in [-0.05, 0) is 18.1 Å². The molecule has 3 atom stereocenters. The maximum Gasteiger partial charge on any atom is 0.168 e. The average molecular weight is 316 g/mol. The highest BCUT2D eigenvalue weighted by molar-refractivity contribution is 8.07. The Balaban J connectivity index is 2.08. The molecule has 1 aromatic carbocycles. The van der Waals surface area contributed by atoms with E-state index in [4.69, 9.17) is 4.74 Å². The van der Waals surface area contributed by atoms with Crippen LogP contribution in [0.5, 0.6) is 5.75 Å². The number of ether oxygens (including phenoxy) is 1. The third kappa shape index (κ3) is 3.62. The maximum absolute atomic E-state index is 14.1. The molecule has 1 aliphatic heterocycles. The number of hydrogen-bond donors (Lipinski definition) is 1. The Labute approximate surface area is 128 Å². The van der Waals surface area contributed by atoms with Crippen LogP contribution in [0.2, 0.25) is 0 Å². The van der Waals surface area contributed by atoms with E-state index in [1.807, 2.05) is 23.5 Å². The van der Waals surface area contributed by atoms with Crippen molar-refractivity contribution in [2.45, 2.75) is 36.4 Å². The van der Waals surface area contributed by atoms with Crippen LogP contribution in [0, 0.1) is 5.82 Å². The van der Waals surface area contributed by atoms with Crippen LogP contribution in [0.1, 0.15) is 18.9 Å². The van der Waals surface area contributed by atoms with E-state index >= 15 is 0 Å². The summed E-state index contributed by atoms with van der Waals surface area (Å²) in [5.41, 5.74) is 0.530. The van der Waals surface area contributed by atoms with Crippen LogP contribution in [-0.4, -0.2) is 40.3 Å². The van der Waals surface area contributed by atoms with Gasteiger partial charge in [-0.15, -0.1) is 0 Å². The van der Waals surface area contributed by atoms with E-state index in [2.05, 4.69) is 6.92 Å². The first kappa shape index (κ1) is 16.0. The van der Waals surface area contributed by atoms with Gasteiger partial charge in [-0.2, -0.15) is 23.5 Å². The molecule has 5 heteroatoms. The number of aliphatic hydroxyl groups is 1. The molecule has 2 rings (SSSR count). The topological polar surface area (TPSA) is 29.5 Å². The summed E-state index contributed by atoms with van der Waals surface area (Å²) in [6, 6.07) is 5.10. The number of aliphatic hydroxyl groups excluding tert-OH is 1. The molecule has 1 N–H and O–H groups in total. The molecule has 1 heterocycles. The molecule has 3 unspecified atom stereocenters. The van der Waals surface area contributed by atoms with Crippen molar-refractivity contribution in [3.05, 3.63) is 29.6 Å². The standard InChI is InChI=1S/C15H21FO2S2/c1-3-13-15(20-8-7-19-13)11(17)9-10-5-4-6-12(18-2)14(10)16/h4-6,11,13,15,17H,3,7-9H2,1-2H3. The second kappa shape index (κ2) is 7.57. The van der Waals surface area contributed by atoms with E-state index in [1.165, 1.54) is 7.11 Å². The molecule has 0 aromatic heterocycles. The number of halogens is 1. The van der Waals surface area contributed by atoms with Crippen LogP contribution in [0.4, 0.5) is 4.39 Å². The first-order chi connectivity index (χ1) is 9.67. The van der Waals surface area contributed by atoms with Crippen LogP contribution < -0.4 is 4.74 Å². The molecule has 112 valence electrons. The Kier molecular flexibility index (Phi) is 6.05. The Morgan fingerprint density at radius 2 is 2.15 bits per heavy atom. The minimum Gasteiger partial charge on any atom is -0.494 e. The Hall–Kier alpha value is -0.390. The molecule has 2 nitrogen and oxygen atoms in total. The first-order valence-electron chi connectivity index (χ1n) is 6.90. The molecule has 0 aliphatic carbocycles. The molecule has 0 amide bonds. The normalized spacial score (nSPS) is 24.4. The fourth-order valence-corrected chi connectivity index (χ4v) is 5.66. The van der Waals surface area contributed by atoms with Gasteiger partial charge in [0.15, 0.2) is 11.6 Å². The molecule has 1 saturated heterocycles. The third-order valence-electron chi connectivity index (χ3n) is 3.57. The summed E-state index contributed by atoms with van der Waals surface area (Å²) in [5.74, 6) is 2.09. The lowest BCUT2D eigenvalue weighted by Gasteiger charge is -2.33. The first-order valence-corrected chi connectivity index (χ1v) is 8.99. The Bertz CT molecular complexity index is 442. The summed E-state index contributed by atoms with van der Waals surface area (Å²) >= 11 is 3.74. The van der Waals surface area contributed by atoms with E-state index in [1.54, 1.807) is 18.2 Å². The van der Waals surface area contributed by atoms with Crippen molar-refractivity contribution in [1.29, 1.82) is 0 Å². The highest BCUT2D eigenvalue weighted by atomic mass is 32.2. The second-order valence-corrected chi connectivity index (χ2v) is 7.49. The van der Waals surface area contributed by atoms with Crippen molar-refractivity contribution in [2.24, 2.45) is 0 Å². The predicted molar refractivity (Wildman–Crippen MR) is 85.4 cm³/mol. The van der Waals surface area contributed by atoms with Gasteiger partial charge in [-0.3, -0.25) is 0 Å². The monoisotopic (exact) mass is 316 g/mol. The molecule has 0 spiro atoms. The molecule has 0 saturated carbocycles. The largest absolute Gasteiger partial charge is 0.494 e. The van der Waals surface area contributed by atoms with Gasteiger partial charge >= 0.3 is 0 Å². The Morgan fingerprint density at radius 1 is 1.40 bits per heavy atom. The lowest BCUT2D eigenvalue weighted by Crippen LogP contribution is -2.37. The molecule has 1 fully saturated rings. The molecular weight excluding hydrogens is 295 g/mol. The van der Waals surface area contributed by atoms with Crippen molar-refractivity contribution in [2.75, 3.05) is 18.6 Å². The van der Waals surface area contributed by atoms with Gasteiger partial charge in [-0.25, -0.2) is 4.39 Å². The highest BCUT2D eigenvalue weighted by Crippen LogP contribution is 2.36. The minimum atomic E-state index is -0.514. The maximum atomic E-state index is 14.1. The average Bonchev–Trinajstić information content (AvgIpc) is 2.49. The highest BCUT2D eigenvalue weighted by Gasteiger charge is 2.31. The van der Waals surface area contributed by atoms with Gasteiger partial charge in [0.2, 0.25) is 0 Å². The van der Waals surface area contributed by atoms with E-state index in [-0.39, 0.29) is 16.8 Å². The van der Waals surface area contributed by atoms with Crippen molar-refractivity contribution < 1.29 is 14.2 Å². The molecule has 1 aliphatic rings. The number of hydrogen-bond acceptors (Lipinski definition) is 4. The molecule has 20 heavy (non-hydrogen) atoms. The van der Waals surface area contributed by atoms with Crippen molar-refractivity contribution in [1.82, 2.24) is 0 Å². The second-order valence-electron chi connectivity index (χ2n) is 4.86. The van der Waals surface area contributed by atoms with Gasteiger partial charge in [-0.1, -0.05) is 19.1 Å². The number of methoxy groups -OCH3 is 1. The van der Waals surface area contributed by atoms with Crippen molar-refractivity contribution in [3.8, 4) is 5.75 Å². The van der Waals surface area contributed by atoms with Gasteiger partial charge in [0.05, 0.1) is 13.2 Å². The quantitative estimate of drug-likeness (QED) is 0.902. The minimum absolute atomic E-state index is 0.185. The zero-order valence-electron chi connectivity index (χ0n) is 11.8. The number of benzene rings is 1. The smallest absolute Gasteiger partial charge is 0.168 e. The Morgan fingerprint density at radius 3 is 2.85 bits per heavy atom. The summed E-state index contributed by atoms with van der Waals surface area (Å²) in [5, 5.41) is 11.1. The fourth-order valence-electron chi connectivity index (χ4n) is 2.51. The summed E-state index contributed by atoms with van der Waals surface area (Å²) in [4.78, 5) is 0. The van der Waals surface area contributed by atoms with Gasteiger partial charge in [0.1, 0.15) is 0 Å². The van der Waals surface area contributed by atoms with Crippen molar-refractivity contribution >= 4 is 23.5 Å². The van der Waals surface area contributed by atoms with Crippen LogP contribution in [-0.2, 0) is 6.42 Å². The van der Waals surface area contributed by atoms with Gasteiger partial charge in [0.25, 0.3) is 0 Å². The van der Waals surface area contributed by atoms with E-state index < -0.39 is 6.10 Å². The molecule has 0 bridgehead atoms. The van der Waals surface area contributed by atoms with E-state index in [9.17, 15) is 9.50 Å². The zero-order chi connectivity index (χ0) is 14.5. The van der Waals surface area contributed by atoms with Crippen LogP contribution in [0.25, 0.3) is 0 Å². The van der Waals surface area contributed by atoms with Gasteiger partial charge < -0.3 is 9.84 Å². The summed E-state index contributed by atoms with van der Waals surface area (Å²) in [7, 11) is 1.46. The lowest BCUT2D eigenvalue weighted by atomic mass is 10.0. The lowest BCUT2D eigenvalue weighted by molar-refractivity contribution is 0.168. The summed E-state index contributed by atoms with van der Waals surface area (Å²) in [6.45, 7) is 2.15. The molecule has 0 radical (unpaired) electrons. The van der Waals surface area contributed by atoms with Gasteiger partial charge in [0, 0.05) is 28.4 Å². The molecule has 1 aromatic rings. The van der Waals surface area contributed by atoms with E-state index in [0.29, 0.717) is 17.2 Å². The van der Waals surface area contributed by atoms with Crippen LogP contribution in [0.3, 0.4) is 0 Å². The fraction of sp³-hybridized carbons (Fsp3) is 0.600. The van der Waals surface area contributed by atoms with E-state index in [0.717, 1.165) is 17.9 Å². The van der Waals surface area contributed by atoms with Crippen LogP contribution in [0.15, 0.2) is 18.2 Å².